The quantitative estimate of drug-likeness (QED) is 0.554. The third-order valence-corrected chi connectivity index (χ3v) is 5.39. The molecule has 0 aliphatic heterocycles. The van der Waals surface area contributed by atoms with Gasteiger partial charge in [0, 0.05) is 24.0 Å². The number of benzene rings is 2. The monoisotopic (exact) mass is 418 g/mol. The molecule has 0 fully saturated rings. The van der Waals surface area contributed by atoms with Crippen molar-refractivity contribution in [2.45, 2.75) is 20.0 Å². The maximum absolute atomic E-state index is 10.4. The van der Waals surface area contributed by atoms with Gasteiger partial charge in [-0.25, -0.2) is 9.97 Å². The Labute approximate surface area is 175 Å². The van der Waals surface area contributed by atoms with E-state index >= 15 is 0 Å². The van der Waals surface area contributed by atoms with Crippen LogP contribution in [-0.4, -0.2) is 52.3 Å². The van der Waals surface area contributed by atoms with Crippen LogP contribution in [0.25, 0.3) is 22.3 Å². The van der Waals surface area contributed by atoms with Crippen molar-refractivity contribution in [3.63, 3.8) is 0 Å². The zero-order valence-corrected chi connectivity index (χ0v) is 17.5. The van der Waals surface area contributed by atoms with E-state index < -0.39 is 6.10 Å². The zero-order valence-electron chi connectivity index (χ0n) is 16.0. The summed E-state index contributed by atoms with van der Waals surface area (Å²) in [4.78, 5) is 11.5. The highest BCUT2D eigenvalue weighted by Crippen LogP contribution is 2.29. The van der Waals surface area contributed by atoms with E-state index in [1.165, 1.54) is 0 Å². The molecule has 2 N–H and O–H groups in total. The largest absolute Gasteiger partial charge is 0.390 e. The molecule has 148 valence electrons. The Bertz CT molecular complexity index is 947. The van der Waals surface area contributed by atoms with Gasteiger partial charge < -0.3 is 15.3 Å². The molecule has 7 heteroatoms. The van der Waals surface area contributed by atoms with Crippen LogP contribution in [0.3, 0.4) is 0 Å². The highest BCUT2D eigenvalue weighted by Gasteiger charge is 2.13. The van der Waals surface area contributed by atoms with Gasteiger partial charge in [0.15, 0.2) is 5.82 Å². The number of aliphatic hydroxyl groups excluding tert-OH is 1. The van der Waals surface area contributed by atoms with Crippen LogP contribution in [0.15, 0.2) is 42.5 Å². The molecule has 1 unspecified atom stereocenters. The summed E-state index contributed by atoms with van der Waals surface area (Å²) in [7, 11) is 0. The molecule has 28 heavy (non-hydrogen) atoms. The third-order valence-electron chi connectivity index (χ3n) is 4.65. The van der Waals surface area contributed by atoms with Crippen LogP contribution in [0.5, 0.6) is 0 Å². The molecule has 3 rings (SSSR count). The van der Waals surface area contributed by atoms with E-state index in [1.54, 1.807) is 12.1 Å². The summed E-state index contributed by atoms with van der Waals surface area (Å²) in [6.07, 6.45) is -0.498. The Morgan fingerprint density at radius 1 is 1.04 bits per heavy atom. The second-order valence-electron chi connectivity index (χ2n) is 6.56. The first kappa shape index (κ1) is 20.8. The first-order chi connectivity index (χ1) is 13.5. The fraction of sp³-hybridized carbons (Fsp3) is 0.333. The predicted molar refractivity (Wildman–Crippen MR) is 117 cm³/mol. The smallest absolute Gasteiger partial charge is 0.162 e. The molecule has 0 aliphatic rings. The standard InChI is InChI=1S/C21H24Cl2N4O/c1-3-27(4-2)13-15(28)12-24-21-16-7-5-6-8-19(16)25-20(26-21)14-9-10-17(22)18(23)11-14/h5-11,15,28H,3-4,12-13H2,1-2H3,(H,24,25,26). The molecule has 0 radical (unpaired) electrons. The van der Waals surface area contributed by atoms with Crippen molar-refractivity contribution in [2.75, 3.05) is 31.5 Å². The fourth-order valence-corrected chi connectivity index (χ4v) is 3.33. The van der Waals surface area contributed by atoms with Crippen molar-refractivity contribution in [3.05, 3.63) is 52.5 Å². The van der Waals surface area contributed by atoms with Gasteiger partial charge in [0.1, 0.15) is 5.82 Å². The first-order valence-corrected chi connectivity index (χ1v) is 10.1. The number of aliphatic hydroxyl groups is 1. The van der Waals surface area contributed by atoms with E-state index in [0.717, 1.165) is 29.6 Å². The normalized spacial score (nSPS) is 12.5. The minimum atomic E-state index is -0.498. The topological polar surface area (TPSA) is 61.3 Å². The van der Waals surface area contributed by atoms with Crippen molar-refractivity contribution in [1.82, 2.24) is 14.9 Å². The Morgan fingerprint density at radius 2 is 1.79 bits per heavy atom. The third kappa shape index (κ3) is 4.92. The van der Waals surface area contributed by atoms with Gasteiger partial charge in [0.25, 0.3) is 0 Å². The lowest BCUT2D eigenvalue weighted by Crippen LogP contribution is -2.36. The number of hydrogen-bond donors (Lipinski definition) is 2. The number of aromatic nitrogens is 2. The Morgan fingerprint density at radius 3 is 2.50 bits per heavy atom. The summed E-state index contributed by atoms with van der Waals surface area (Å²) in [6, 6.07) is 13.1. The summed E-state index contributed by atoms with van der Waals surface area (Å²) in [5.74, 6) is 1.24. The Kier molecular flexibility index (Phi) is 7.08. The first-order valence-electron chi connectivity index (χ1n) is 9.38. The van der Waals surface area contributed by atoms with Crippen LogP contribution >= 0.6 is 23.2 Å². The van der Waals surface area contributed by atoms with Crippen LogP contribution < -0.4 is 5.32 Å². The lowest BCUT2D eigenvalue weighted by atomic mass is 10.1. The number of anilines is 1. The number of hydrogen-bond acceptors (Lipinski definition) is 5. The van der Waals surface area contributed by atoms with Crippen LogP contribution in [0.1, 0.15) is 13.8 Å². The molecule has 0 saturated carbocycles. The zero-order chi connectivity index (χ0) is 20.1. The van der Waals surface area contributed by atoms with Gasteiger partial charge in [-0.05, 0) is 43.4 Å². The van der Waals surface area contributed by atoms with Crippen molar-refractivity contribution in [3.8, 4) is 11.4 Å². The lowest BCUT2D eigenvalue weighted by Gasteiger charge is -2.22. The number of halogens is 2. The Hall–Kier alpha value is -1.92. The van der Waals surface area contributed by atoms with E-state index in [4.69, 9.17) is 23.2 Å². The van der Waals surface area contributed by atoms with Crippen LogP contribution in [0.4, 0.5) is 5.82 Å². The van der Waals surface area contributed by atoms with Gasteiger partial charge in [-0.15, -0.1) is 0 Å². The summed E-state index contributed by atoms with van der Waals surface area (Å²) < 4.78 is 0. The van der Waals surface area contributed by atoms with Crippen molar-refractivity contribution in [2.24, 2.45) is 0 Å². The summed E-state index contributed by atoms with van der Waals surface area (Å²) in [5.41, 5.74) is 1.60. The number of rotatable bonds is 8. The van der Waals surface area contributed by atoms with Crippen molar-refractivity contribution >= 4 is 39.9 Å². The predicted octanol–water partition coefficient (Wildman–Crippen LogP) is 4.72. The highest BCUT2D eigenvalue weighted by atomic mass is 35.5. The second-order valence-corrected chi connectivity index (χ2v) is 7.38. The van der Waals surface area contributed by atoms with Gasteiger partial charge in [0.2, 0.25) is 0 Å². The van der Waals surface area contributed by atoms with Crippen molar-refractivity contribution in [1.29, 1.82) is 0 Å². The molecular weight excluding hydrogens is 395 g/mol. The highest BCUT2D eigenvalue weighted by molar-refractivity contribution is 6.42. The SMILES string of the molecule is CCN(CC)CC(O)CNc1nc(-c2ccc(Cl)c(Cl)c2)nc2ccccc12. The van der Waals surface area contributed by atoms with Gasteiger partial charge in [-0.3, -0.25) is 0 Å². The number of nitrogens with zero attached hydrogens (tertiary/aromatic N) is 3. The number of para-hydroxylation sites is 1. The molecule has 0 saturated heterocycles. The van der Waals surface area contributed by atoms with E-state index in [9.17, 15) is 5.11 Å². The molecule has 0 amide bonds. The number of likely N-dealkylation sites (N-methyl/N-ethyl adjacent to an activating group) is 1. The average Bonchev–Trinajstić information content (AvgIpc) is 2.72. The molecule has 0 spiro atoms. The molecule has 1 heterocycles. The van der Waals surface area contributed by atoms with Gasteiger partial charge in [0.05, 0.1) is 21.7 Å². The molecule has 2 aromatic carbocycles. The molecule has 1 aromatic heterocycles. The average molecular weight is 419 g/mol. The van der Waals surface area contributed by atoms with E-state index in [-0.39, 0.29) is 0 Å². The number of fused-ring (bicyclic) bond motifs is 1. The summed E-state index contributed by atoms with van der Waals surface area (Å²) in [5, 5.41) is 15.5. The fourth-order valence-electron chi connectivity index (χ4n) is 3.03. The van der Waals surface area contributed by atoms with E-state index in [0.29, 0.717) is 34.8 Å². The molecule has 0 bridgehead atoms. The molecule has 1 atom stereocenters. The lowest BCUT2D eigenvalue weighted by molar-refractivity contribution is 0.128. The van der Waals surface area contributed by atoms with Crippen LogP contribution in [0.2, 0.25) is 10.0 Å². The Balaban J connectivity index is 1.89. The van der Waals surface area contributed by atoms with Crippen LogP contribution in [-0.2, 0) is 0 Å². The maximum Gasteiger partial charge on any atom is 0.162 e. The van der Waals surface area contributed by atoms with Gasteiger partial charge >= 0.3 is 0 Å². The molecular formula is C21H24Cl2N4O. The minimum absolute atomic E-state index is 0.401. The van der Waals surface area contributed by atoms with Gasteiger partial charge in [-0.2, -0.15) is 0 Å². The summed E-state index contributed by atoms with van der Waals surface area (Å²) >= 11 is 12.2. The van der Waals surface area contributed by atoms with E-state index in [2.05, 4.69) is 34.0 Å². The second kappa shape index (κ2) is 9.52. The molecule has 5 nitrogen and oxygen atoms in total. The summed E-state index contributed by atoms with van der Waals surface area (Å²) in [6.45, 7) is 7.01. The molecule has 0 aliphatic carbocycles. The maximum atomic E-state index is 10.4. The minimum Gasteiger partial charge on any atom is -0.390 e. The van der Waals surface area contributed by atoms with Crippen molar-refractivity contribution < 1.29 is 5.11 Å². The van der Waals surface area contributed by atoms with Gasteiger partial charge in [-0.1, -0.05) is 49.2 Å². The van der Waals surface area contributed by atoms with E-state index in [1.807, 2.05) is 30.3 Å². The van der Waals surface area contributed by atoms with Crippen LogP contribution in [0, 0.1) is 0 Å². The number of nitrogens with one attached hydrogen (secondary N) is 1. The molecule has 3 aromatic rings.